The summed E-state index contributed by atoms with van der Waals surface area (Å²) in [5.41, 5.74) is 6.49. The van der Waals surface area contributed by atoms with E-state index in [2.05, 4.69) is 26.2 Å². The van der Waals surface area contributed by atoms with Crippen LogP contribution in [0.1, 0.15) is 10.4 Å². The second-order valence-electron chi connectivity index (χ2n) is 3.60. The van der Waals surface area contributed by atoms with Crippen LogP contribution in [0.3, 0.4) is 0 Å². The molecule has 0 bridgehead atoms. The Labute approximate surface area is 112 Å². The highest BCUT2D eigenvalue weighted by Crippen LogP contribution is 2.22. The zero-order valence-corrected chi connectivity index (χ0v) is 10.8. The molecule has 0 atom stereocenters. The van der Waals surface area contributed by atoms with Gasteiger partial charge in [-0.05, 0) is 46.3 Å². The number of phenols is 1. The molecule has 6 heteroatoms. The highest BCUT2D eigenvalue weighted by Gasteiger charge is 2.09. The van der Waals surface area contributed by atoms with Gasteiger partial charge in [-0.1, -0.05) is 0 Å². The number of benzene rings is 1. The van der Waals surface area contributed by atoms with Crippen LogP contribution in [0.15, 0.2) is 41.0 Å². The minimum absolute atomic E-state index is 0.110. The van der Waals surface area contributed by atoms with Gasteiger partial charge in [0.2, 0.25) is 0 Å². The first kappa shape index (κ1) is 12.4. The van der Waals surface area contributed by atoms with E-state index in [1.807, 2.05) is 0 Å². The molecular weight excluding hydrogens is 298 g/mol. The van der Waals surface area contributed by atoms with Crippen molar-refractivity contribution in [1.29, 1.82) is 0 Å². The van der Waals surface area contributed by atoms with Crippen molar-refractivity contribution in [3.63, 3.8) is 0 Å². The lowest BCUT2D eigenvalue weighted by atomic mass is 10.2. The van der Waals surface area contributed by atoms with E-state index in [1.165, 1.54) is 30.5 Å². The molecule has 0 saturated carbocycles. The third-order valence-electron chi connectivity index (χ3n) is 2.22. The monoisotopic (exact) mass is 307 g/mol. The van der Waals surface area contributed by atoms with E-state index in [-0.39, 0.29) is 11.7 Å². The first-order valence-electron chi connectivity index (χ1n) is 5.07. The van der Waals surface area contributed by atoms with Crippen molar-refractivity contribution in [3.05, 3.63) is 46.6 Å². The molecule has 2 rings (SSSR count). The Kier molecular flexibility index (Phi) is 3.47. The van der Waals surface area contributed by atoms with Gasteiger partial charge in [0.05, 0.1) is 16.4 Å². The summed E-state index contributed by atoms with van der Waals surface area (Å²) in [6.07, 6.45) is 1.46. The number of rotatable bonds is 2. The zero-order chi connectivity index (χ0) is 13.1. The number of aromatic nitrogens is 1. The Balaban J connectivity index is 2.18. The Morgan fingerprint density at radius 3 is 2.61 bits per heavy atom. The van der Waals surface area contributed by atoms with Crippen molar-refractivity contribution in [2.75, 3.05) is 11.1 Å². The molecule has 0 saturated heterocycles. The molecule has 4 N–H and O–H groups in total. The van der Waals surface area contributed by atoms with Gasteiger partial charge in [-0.3, -0.25) is 4.79 Å². The van der Waals surface area contributed by atoms with E-state index in [9.17, 15) is 4.79 Å². The summed E-state index contributed by atoms with van der Waals surface area (Å²) in [4.78, 5) is 15.9. The molecule has 0 unspecified atom stereocenters. The fraction of sp³-hybridized carbons (Fsp3) is 0. The van der Waals surface area contributed by atoms with E-state index in [1.54, 1.807) is 6.07 Å². The van der Waals surface area contributed by atoms with Crippen LogP contribution in [0.25, 0.3) is 0 Å². The summed E-state index contributed by atoms with van der Waals surface area (Å²) in [6.45, 7) is 0. The number of hydrogen-bond acceptors (Lipinski definition) is 4. The van der Waals surface area contributed by atoms with E-state index >= 15 is 0 Å². The minimum Gasteiger partial charge on any atom is -0.508 e. The molecule has 5 nitrogen and oxygen atoms in total. The van der Waals surface area contributed by atoms with Gasteiger partial charge in [0, 0.05) is 5.56 Å². The average Bonchev–Trinajstić information content (AvgIpc) is 2.33. The van der Waals surface area contributed by atoms with Gasteiger partial charge in [0.1, 0.15) is 11.6 Å². The molecule has 18 heavy (non-hydrogen) atoms. The molecule has 1 amide bonds. The Hall–Kier alpha value is -2.08. The van der Waals surface area contributed by atoms with Crippen molar-refractivity contribution in [2.24, 2.45) is 0 Å². The summed E-state index contributed by atoms with van der Waals surface area (Å²) in [5.74, 6) is 0.189. The summed E-state index contributed by atoms with van der Waals surface area (Å²) >= 11 is 3.26. The van der Waals surface area contributed by atoms with E-state index in [0.29, 0.717) is 21.5 Å². The summed E-state index contributed by atoms with van der Waals surface area (Å²) in [5, 5.41) is 11.8. The van der Waals surface area contributed by atoms with Crippen LogP contribution in [-0.2, 0) is 0 Å². The minimum atomic E-state index is -0.312. The molecule has 0 fully saturated rings. The molecule has 1 aromatic carbocycles. The van der Waals surface area contributed by atoms with Gasteiger partial charge < -0.3 is 16.2 Å². The number of amides is 1. The molecule has 0 radical (unpaired) electrons. The molecule has 92 valence electrons. The normalized spacial score (nSPS) is 10.1. The Bertz CT molecular complexity index is 584. The smallest absolute Gasteiger partial charge is 0.256 e. The van der Waals surface area contributed by atoms with Crippen molar-refractivity contribution >= 4 is 33.3 Å². The fourth-order valence-corrected chi connectivity index (χ4v) is 1.80. The number of nitrogens with two attached hydrogens (primary N) is 1. The summed E-state index contributed by atoms with van der Waals surface area (Å²) in [7, 11) is 0. The van der Waals surface area contributed by atoms with Gasteiger partial charge >= 0.3 is 0 Å². The third-order valence-corrected chi connectivity index (χ3v) is 2.83. The van der Waals surface area contributed by atoms with Crippen molar-refractivity contribution < 1.29 is 9.90 Å². The largest absolute Gasteiger partial charge is 0.508 e. The molecule has 1 aromatic heterocycles. The quantitative estimate of drug-likeness (QED) is 0.795. The number of carbonyl (C=O) groups is 1. The predicted octanol–water partition coefficient (Wildman–Crippen LogP) is 2.38. The van der Waals surface area contributed by atoms with Crippen LogP contribution >= 0.6 is 15.9 Å². The number of carbonyl (C=O) groups excluding carboxylic acids is 1. The van der Waals surface area contributed by atoms with Gasteiger partial charge in [0.25, 0.3) is 5.91 Å². The predicted molar refractivity (Wildman–Crippen MR) is 72.4 cm³/mol. The maximum absolute atomic E-state index is 11.9. The first-order chi connectivity index (χ1) is 8.56. The number of pyridine rings is 1. The number of nitrogens with one attached hydrogen (secondary N) is 1. The molecule has 0 aliphatic rings. The van der Waals surface area contributed by atoms with Gasteiger partial charge in [-0.2, -0.15) is 0 Å². The Morgan fingerprint density at radius 2 is 2.00 bits per heavy atom. The lowest BCUT2D eigenvalue weighted by Gasteiger charge is -2.07. The highest BCUT2D eigenvalue weighted by atomic mass is 79.9. The topological polar surface area (TPSA) is 88.2 Å². The number of anilines is 2. The molecule has 2 aromatic rings. The van der Waals surface area contributed by atoms with Crippen LogP contribution < -0.4 is 11.1 Å². The number of phenolic OH excluding ortho intramolecular Hbond substituents is 1. The SMILES string of the molecule is Nc1cnc(NC(=O)c2ccc(O)cc2)c(Br)c1. The average molecular weight is 308 g/mol. The van der Waals surface area contributed by atoms with E-state index in [4.69, 9.17) is 10.8 Å². The Morgan fingerprint density at radius 1 is 1.33 bits per heavy atom. The van der Waals surface area contributed by atoms with Crippen molar-refractivity contribution in [3.8, 4) is 5.75 Å². The fourth-order valence-electron chi connectivity index (χ4n) is 1.34. The third kappa shape index (κ3) is 2.78. The van der Waals surface area contributed by atoms with Gasteiger partial charge in [-0.15, -0.1) is 0 Å². The number of halogens is 1. The van der Waals surface area contributed by atoms with Crippen LogP contribution in [0, 0.1) is 0 Å². The molecule has 0 aliphatic carbocycles. The van der Waals surface area contributed by atoms with Gasteiger partial charge in [0.15, 0.2) is 0 Å². The number of hydrogen-bond donors (Lipinski definition) is 3. The molecule has 0 aliphatic heterocycles. The van der Waals surface area contributed by atoms with E-state index < -0.39 is 0 Å². The van der Waals surface area contributed by atoms with E-state index in [0.717, 1.165) is 0 Å². The van der Waals surface area contributed by atoms with Crippen LogP contribution in [0.4, 0.5) is 11.5 Å². The second-order valence-corrected chi connectivity index (χ2v) is 4.45. The van der Waals surface area contributed by atoms with Crippen LogP contribution in [0.5, 0.6) is 5.75 Å². The number of aromatic hydroxyl groups is 1. The first-order valence-corrected chi connectivity index (χ1v) is 5.87. The lowest BCUT2D eigenvalue weighted by Crippen LogP contribution is -2.13. The number of nitrogen functional groups attached to an aromatic ring is 1. The standard InChI is InChI=1S/C12H10BrN3O2/c13-10-5-8(14)6-15-11(10)16-12(18)7-1-3-9(17)4-2-7/h1-6,17H,14H2,(H,15,16,18). The maximum Gasteiger partial charge on any atom is 0.256 e. The summed E-state index contributed by atoms with van der Waals surface area (Å²) < 4.78 is 0.606. The van der Waals surface area contributed by atoms with Crippen molar-refractivity contribution in [1.82, 2.24) is 4.98 Å². The van der Waals surface area contributed by atoms with Crippen LogP contribution in [0.2, 0.25) is 0 Å². The number of nitrogens with zero attached hydrogens (tertiary/aromatic N) is 1. The molecule has 0 spiro atoms. The van der Waals surface area contributed by atoms with Crippen molar-refractivity contribution in [2.45, 2.75) is 0 Å². The van der Waals surface area contributed by atoms with Crippen LogP contribution in [-0.4, -0.2) is 16.0 Å². The summed E-state index contributed by atoms with van der Waals surface area (Å²) in [6, 6.07) is 7.59. The molecular formula is C12H10BrN3O2. The second kappa shape index (κ2) is 5.05. The highest BCUT2D eigenvalue weighted by molar-refractivity contribution is 9.10. The maximum atomic E-state index is 11.9. The van der Waals surface area contributed by atoms with Gasteiger partial charge in [-0.25, -0.2) is 4.98 Å². The zero-order valence-electron chi connectivity index (χ0n) is 9.22. The lowest BCUT2D eigenvalue weighted by molar-refractivity contribution is 0.102. The molecule has 1 heterocycles.